The normalized spacial score (nSPS) is 14.9. The lowest BCUT2D eigenvalue weighted by Gasteiger charge is -2.33. The number of amides is 1. The third-order valence-corrected chi connectivity index (χ3v) is 5.91. The number of carbonyl (C=O) groups excluding carboxylic acids is 1. The van der Waals surface area contributed by atoms with Gasteiger partial charge in [-0.2, -0.15) is 10.2 Å². The number of aromatic nitrogens is 6. The Morgan fingerprint density at radius 1 is 1.17 bits per heavy atom. The summed E-state index contributed by atoms with van der Waals surface area (Å²) in [5, 5.41) is 26.4. The van der Waals surface area contributed by atoms with Crippen molar-refractivity contribution in [1.82, 2.24) is 35.5 Å². The van der Waals surface area contributed by atoms with Gasteiger partial charge in [0.05, 0.1) is 23.6 Å². The molecule has 0 saturated carbocycles. The molecule has 0 unspecified atom stereocenters. The molecule has 5 rings (SSSR count). The summed E-state index contributed by atoms with van der Waals surface area (Å²) in [5.74, 6) is 0.233. The number of nitrogens with zero attached hydrogens (tertiary/aromatic N) is 5. The van der Waals surface area contributed by atoms with Crippen LogP contribution >= 0.6 is 0 Å². The fourth-order valence-corrected chi connectivity index (χ4v) is 4.26. The van der Waals surface area contributed by atoms with Gasteiger partial charge in [0.15, 0.2) is 0 Å². The Kier molecular flexibility index (Phi) is 5.83. The Balaban J connectivity index is 1.28. The van der Waals surface area contributed by atoms with Crippen LogP contribution in [0, 0.1) is 5.82 Å². The highest BCUT2D eigenvalue weighted by atomic mass is 19.1. The first-order valence-electron chi connectivity index (χ1n) is 11.5. The number of nitrogens with one attached hydrogen (secondary N) is 3. The van der Waals surface area contributed by atoms with Crippen molar-refractivity contribution in [3.63, 3.8) is 0 Å². The second kappa shape index (κ2) is 8.97. The number of hydrogen-bond acceptors (Lipinski definition) is 7. The summed E-state index contributed by atoms with van der Waals surface area (Å²) >= 11 is 0. The zero-order chi connectivity index (χ0) is 24.6. The molecule has 1 fully saturated rings. The van der Waals surface area contributed by atoms with Crippen LogP contribution in [0.2, 0.25) is 0 Å². The number of fused-ring (bicyclic) bond motifs is 1. The van der Waals surface area contributed by atoms with Crippen LogP contribution in [0.3, 0.4) is 0 Å². The molecule has 1 aliphatic heterocycles. The summed E-state index contributed by atoms with van der Waals surface area (Å²) in [6.45, 7) is 6.81. The summed E-state index contributed by atoms with van der Waals surface area (Å²) in [6, 6.07) is 5.23. The summed E-state index contributed by atoms with van der Waals surface area (Å²) in [5.41, 5.74) is 2.34. The Morgan fingerprint density at radius 2 is 1.97 bits per heavy atom. The maximum Gasteiger partial charge on any atom is 0.410 e. The van der Waals surface area contributed by atoms with E-state index in [0.717, 1.165) is 12.8 Å². The van der Waals surface area contributed by atoms with Crippen LogP contribution in [0.5, 0.6) is 0 Å². The molecule has 3 N–H and O–H groups in total. The van der Waals surface area contributed by atoms with Crippen molar-refractivity contribution in [1.29, 1.82) is 0 Å². The number of hydrogen-bond donors (Lipinski definition) is 3. The van der Waals surface area contributed by atoms with E-state index in [2.05, 4.69) is 35.9 Å². The van der Waals surface area contributed by atoms with Crippen molar-refractivity contribution < 1.29 is 13.9 Å². The molecule has 182 valence electrons. The first kappa shape index (κ1) is 22.8. The number of halogens is 1. The highest BCUT2D eigenvalue weighted by Gasteiger charge is 2.27. The van der Waals surface area contributed by atoms with Crippen molar-refractivity contribution in [2.75, 3.05) is 18.4 Å². The molecule has 4 aromatic rings. The first-order chi connectivity index (χ1) is 16.8. The average molecular weight is 479 g/mol. The van der Waals surface area contributed by atoms with Gasteiger partial charge in [-0.3, -0.25) is 10.2 Å². The second-order valence-electron chi connectivity index (χ2n) is 9.62. The van der Waals surface area contributed by atoms with Crippen LogP contribution in [-0.4, -0.2) is 66.3 Å². The van der Waals surface area contributed by atoms with Crippen molar-refractivity contribution >= 4 is 22.8 Å². The SMILES string of the molecule is CC(C)(C)OC(=O)N1CCC(Nc2ccc(-c3cc(F)c(-c4cn[nH]c4)c4cn[nH]c34)nn2)CC1. The lowest BCUT2D eigenvalue weighted by atomic mass is 9.99. The van der Waals surface area contributed by atoms with E-state index in [1.165, 1.54) is 6.07 Å². The van der Waals surface area contributed by atoms with E-state index in [-0.39, 0.29) is 12.1 Å². The molecule has 0 atom stereocenters. The molecule has 1 aliphatic rings. The Bertz CT molecular complexity index is 1320. The number of anilines is 1. The maximum atomic E-state index is 15.1. The standard InChI is InChI=1S/C24H27FN8O2/c1-24(2,3)35-23(34)33-8-6-15(7-9-33)29-20-5-4-19(30-31-20)16-10-18(25)21(14-11-26-27-12-14)17-13-28-32-22(16)17/h4-5,10-13,15H,6-9H2,1-3H3,(H,26,27)(H,28,32)(H,29,31). The van der Waals surface area contributed by atoms with Crippen LogP contribution in [0.4, 0.5) is 15.0 Å². The number of benzene rings is 1. The zero-order valence-corrected chi connectivity index (χ0v) is 19.8. The third kappa shape index (κ3) is 4.79. The van der Waals surface area contributed by atoms with Gasteiger partial charge in [0.25, 0.3) is 0 Å². The van der Waals surface area contributed by atoms with Crippen LogP contribution in [0.1, 0.15) is 33.6 Å². The summed E-state index contributed by atoms with van der Waals surface area (Å²) in [6.07, 6.45) is 6.08. The van der Waals surface area contributed by atoms with Gasteiger partial charge in [-0.25, -0.2) is 9.18 Å². The average Bonchev–Trinajstić information content (AvgIpc) is 3.51. The fraction of sp³-hybridized carbons (Fsp3) is 0.375. The highest BCUT2D eigenvalue weighted by Crippen LogP contribution is 2.35. The highest BCUT2D eigenvalue weighted by molar-refractivity contribution is 6.02. The van der Waals surface area contributed by atoms with Crippen LogP contribution in [0.25, 0.3) is 33.3 Å². The molecule has 0 aliphatic carbocycles. The molecular weight excluding hydrogens is 451 g/mol. The lowest BCUT2D eigenvalue weighted by Crippen LogP contribution is -2.44. The van der Waals surface area contributed by atoms with E-state index in [0.29, 0.717) is 52.2 Å². The van der Waals surface area contributed by atoms with E-state index < -0.39 is 11.4 Å². The van der Waals surface area contributed by atoms with Crippen LogP contribution in [-0.2, 0) is 4.74 Å². The lowest BCUT2D eigenvalue weighted by molar-refractivity contribution is 0.0210. The smallest absolute Gasteiger partial charge is 0.410 e. The van der Waals surface area contributed by atoms with Gasteiger partial charge >= 0.3 is 6.09 Å². The fourth-order valence-electron chi connectivity index (χ4n) is 4.26. The van der Waals surface area contributed by atoms with E-state index in [9.17, 15) is 4.79 Å². The van der Waals surface area contributed by atoms with E-state index in [1.807, 2.05) is 26.8 Å². The van der Waals surface area contributed by atoms with Gasteiger partial charge in [0.2, 0.25) is 0 Å². The minimum atomic E-state index is -0.506. The monoisotopic (exact) mass is 478 g/mol. The van der Waals surface area contributed by atoms with Crippen molar-refractivity contribution in [3.05, 3.63) is 42.6 Å². The number of piperidine rings is 1. The molecule has 3 aromatic heterocycles. The minimum Gasteiger partial charge on any atom is -0.444 e. The van der Waals surface area contributed by atoms with Crippen molar-refractivity contribution in [2.24, 2.45) is 0 Å². The molecule has 0 radical (unpaired) electrons. The molecule has 10 nitrogen and oxygen atoms in total. The Morgan fingerprint density at radius 3 is 2.63 bits per heavy atom. The number of rotatable bonds is 4. The number of ether oxygens (including phenoxy) is 1. The number of likely N-dealkylation sites (tertiary alicyclic amines) is 1. The van der Waals surface area contributed by atoms with Gasteiger partial charge in [-0.1, -0.05) is 0 Å². The van der Waals surface area contributed by atoms with Crippen molar-refractivity contribution in [2.45, 2.75) is 45.3 Å². The third-order valence-electron chi connectivity index (χ3n) is 5.91. The second-order valence-corrected chi connectivity index (χ2v) is 9.62. The zero-order valence-electron chi connectivity index (χ0n) is 19.8. The van der Waals surface area contributed by atoms with E-state index in [1.54, 1.807) is 29.6 Å². The number of H-pyrrole nitrogens is 2. The van der Waals surface area contributed by atoms with Gasteiger partial charge in [0, 0.05) is 47.4 Å². The molecule has 1 saturated heterocycles. The topological polar surface area (TPSA) is 125 Å². The molecular formula is C24H27FN8O2. The van der Waals surface area contributed by atoms with E-state index in [4.69, 9.17) is 4.74 Å². The Hall–Kier alpha value is -4.02. The van der Waals surface area contributed by atoms with Crippen LogP contribution in [0.15, 0.2) is 36.8 Å². The predicted molar refractivity (Wildman–Crippen MR) is 129 cm³/mol. The molecule has 4 heterocycles. The molecule has 1 amide bonds. The number of carbonyl (C=O) groups is 1. The van der Waals surface area contributed by atoms with Crippen molar-refractivity contribution in [3.8, 4) is 22.4 Å². The first-order valence-corrected chi connectivity index (χ1v) is 11.5. The van der Waals surface area contributed by atoms with Crippen LogP contribution < -0.4 is 5.32 Å². The summed E-state index contributed by atoms with van der Waals surface area (Å²) < 4.78 is 20.5. The largest absolute Gasteiger partial charge is 0.444 e. The van der Waals surface area contributed by atoms with Gasteiger partial charge in [-0.05, 0) is 51.8 Å². The quantitative estimate of drug-likeness (QED) is 0.398. The van der Waals surface area contributed by atoms with Gasteiger partial charge in [0.1, 0.15) is 17.2 Å². The summed E-state index contributed by atoms with van der Waals surface area (Å²) in [7, 11) is 0. The molecule has 0 bridgehead atoms. The Labute approximate surface area is 201 Å². The molecule has 35 heavy (non-hydrogen) atoms. The van der Waals surface area contributed by atoms with Gasteiger partial charge < -0.3 is 15.0 Å². The maximum absolute atomic E-state index is 15.1. The van der Waals surface area contributed by atoms with E-state index >= 15 is 4.39 Å². The molecule has 1 aromatic carbocycles. The number of aromatic amines is 2. The summed E-state index contributed by atoms with van der Waals surface area (Å²) in [4.78, 5) is 14.0. The minimum absolute atomic E-state index is 0.167. The molecule has 11 heteroatoms. The molecule has 0 spiro atoms. The van der Waals surface area contributed by atoms with Gasteiger partial charge in [-0.15, -0.1) is 10.2 Å². The predicted octanol–water partition coefficient (Wildman–Crippen LogP) is 4.36.